The van der Waals surface area contributed by atoms with Crippen molar-refractivity contribution in [2.24, 2.45) is 5.92 Å². The molecular formula is C45H64N6O7Si. The van der Waals surface area contributed by atoms with Gasteiger partial charge in [0, 0.05) is 61.6 Å². The number of amides is 2. The quantitative estimate of drug-likeness (QED) is 0.0632. The number of nitrogens with one attached hydrogen (secondary N) is 1. The molecule has 1 fully saturated rings. The topological polar surface area (TPSA) is 163 Å². The van der Waals surface area contributed by atoms with Crippen molar-refractivity contribution in [2.75, 3.05) is 42.7 Å². The summed E-state index contributed by atoms with van der Waals surface area (Å²) < 4.78 is 14.8. The Balaban J connectivity index is 1.43. The van der Waals surface area contributed by atoms with Gasteiger partial charge in [-0.3, -0.25) is 19.2 Å². The fourth-order valence-electron chi connectivity index (χ4n) is 9.25. The van der Waals surface area contributed by atoms with E-state index in [9.17, 15) is 19.8 Å². The number of aromatic nitrogens is 3. The highest BCUT2D eigenvalue weighted by Crippen LogP contribution is 2.60. The number of hydrogen-bond donors (Lipinski definition) is 4. The maximum Gasteiger partial charge on any atom is 0.264 e. The van der Waals surface area contributed by atoms with Gasteiger partial charge in [0.1, 0.15) is 5.75 Å². The van der Waals surface area contributed by atoms with E-state index in [-0.39, 0.29) is 30.6 Å². The third-order valence-corrected chi connectivity index (χ3v) is 14.6. The summed E-state index contributed by atoms with van der Waals surface area (Å²) in [7, 11) is -2.96. The number of anilines is 3. The van der Waals surface area contributed by atoms with Crippen LogP contribution in [0.4, 0.5) is 17.1 Å². The average molecular weight is 829 g/mol. The predicted octanol–water partition coefficient (Wildman–Crippen LogP) is 6.09. The second kappa shape index (κ2) is 19.0. The molecule has 3 aliphatic heterocycles. The number of allylic oxidation sites excluding steroid dienone is 3. The molecule has 1 saturated heterocycles. The molecule has 0 radical (unpaired) electrons. The minimum absolute atomic E-state index is 0.0221. The molecule has 320 valence electrons. The number of benzene rings is 2. The maximum atomic E-state index is 15.3. The zero-order chi connectivity index (χ0) is 42.5. The maximum absolute atomic E-state index is 15.3. The Morgan fingerprint density at radius 3 is 2.56 bits per heavy atom. The molecule has 59 heavy (non-hydrogen) atoms. The second-order valence-electron chi connectivity index (χ2n) is 17.1. The molecule has 5 atom stereocenters. The third kappa shape index (κ3) is 9.43. The van der Waals surface area contributed by atoms with E-state index < -0.39 is 32.0 Å². The van der Waals surface area contributed by atoms with Crippen LogP contribution in [0.2, 0.25) is 18.6 Å². The van der Waals surface area contributed by atoms with Crippen molar-refractivity contribution in [3.05, 3.63) is 82.7 Å². The number of aliphatic hydroxyl groups is 2. The normalized spacial score (nSPS) is 23.0. The molecule has 0 aliphatic carbocycles. The first-order chi connectivity index (χ1) is 28.2. The number of fused-ring (bicyclic) bond motifs is 3. The molecule has 1 aromatic heterocycles. The van der Waals surface area contributed by atoms with Gasteiger partial charge in [0.05, 0.1) is 35.8 Å². The van der Waals surface area contributed by atoms with Gasteiger partial charge in [-0.05, 0) is 128 Å². The average Bonchev–Trinajstić information content (AvgIpc) is 3.84. The fraction of sp³-hybridized carbons (Fsp3) is 0.556. The van der Waals surface area contributed by atoms with Gasteiger partial charge in [-0.15, -0.1) is 5.10 Å². The summed E-state index contributed by atoms with van der Waals surface area (Å²) >= 11 is 0. The number of aryl methyl sites for hydroxylation is 1. The lowest BCUT2D eigenvalue weighted by molar-refractivity contribution is -0.145. The Bertz CT molecular complexity index is 2020. The Kier molecular flexibility index (Phi) is 14.3. The second-order valence-corrected chi connectivity index (χ2v) is 21.1. The summed E-state index contributed by atoms with van der Waals surface area (Å²) in [5.41, 5.74) is 5.20. The molecule has 4 heterocycles. The Morgan fingerprint density at radius 2 is 1.85 bits per heavy atom. The molecule has 1 unspecified atom stereocenters. The first-order valence-electron chi connectivity index (χ1n) is 21.3. The van der Waals surface area contributed by atoms with Crippen molar-refractivity contribution in [3.8, 4) is 5.75 Å². The van der Waals surface area contributed by atoms with Crippen LogP contribution in [-0.2, 0) is 39.3 Å². The monoisotopic (exact) mass is 828 g/mol. The van der Waals surface area contributed by atoms with Crippen LogP contribution in [0.15, 0.2) is 65.9 Å². The van der Waals surface area contributed by atoms with E-state index in [2.05, 4.69) is 48.6 Å². The van der Waals surface area contributed by atoms with Crippen LogP contribution in [0.25, 0.3) is 0 Å². The van der Waals surface area contributed by atoms with Gasteiger partial charge in [0.2, 0.25) is 5.91 Å². The van der Waals surface area contributed by atoms with E-state index >= 15 is 4.79 Å². The Labute approximate surface area is 350 Å². The number of aliphatic hydroxyl groups excluding tert-OH is 2. The van der Waals surface area contributed by atoms with E-state index in [0.29, 0.717) is 68.9 Å². The summed E-state index contributed by atoms with van der Waals surface area (Å²) in [4.78, 5) is 45.4. The summed E-state index contributed by atoms with van der Waals surface area (Å²) in [6.45, 7) is 16.1. The molecule has 13 nitrogen and oxygen atoms in total. The van der Waals surface area contributed by atoms with E-state index in [4.69, 9.17) is 9.47 Å². The van der Waals surface area contributed by atoms with E-state index in [1.54, 1.807) is 9.58 Å². The van der Waals surface area contributed by atoms with Crippen molar-refractivity contribution in [2.45, 2.75) is 122 Å². The molecule has 4 N–H and O–H groups in total. The molecule has 6 rings (SSSR count). The van der Waals surface area contributed by atoms with Gasteiger partial charge in [-0.25, -0.2) is 0 Å². The molecule has 0 bridgehead atoms. The fourth-order valence-corrected chi connectivity index (χ4v) is 11.9. The van der Waals surface area contributed by atoms with Crippen molar-refractivity contribution >= 4 is 37.2 Å². The number of carbonyl (C=O) groups is 2. The lowest BCUT2D eigenvalue weighted by Crippen LogP contribution is -2.49. The first-order valence-corrected chi connectivity index (χ1v) is 24.3. The van der Waals surface area contributed by atoms with Gasteiger partial charge >= 0.3 is 0 Å². The van der Waals surface area contributed by atoms with Crippen LogP contribution in [0.1, 0.15) is 83.5 Å². The SMILES string of the molecule is CCOc1ccc2c(c1)CC(NCCCCO)C(=O)N2c1ccc2c(c1)[C@@]1(O[C@H](CCn3cc(CCO)nn3)[C@@H]([Si](C)(C)O)[C@@H]1C)C(=O)N2C/C=C(\C)CCC=C(C)C. The van der Waals surface area contributed by atoms with Crippen molar-refractivity contribution in [3.63, 3.8) is 0 Å². The molecular weight excluding hydrogens is 765 g/mol. The number of rotatable bonds is 19. The number of carbonyl (C=O) groups excluding carboxylic acids is 2. The Morgan fingerprint density at radius 1 is 1.07 bits per heavy atom. The standard InChI is InChI=1S/C45H64N6O7Si/c1-8-57-36-15-17-39-33(26-36)27-38(46-21-9-10-24-52)43(54)51(39)35-14-16-40-37(28-35)45(44(55)50(40)23-18-31(4)13-11-12-30(2)3)32(5)42(59(6,7)56)41(58-45)19-22-49-29-34(20-25-53)47-48-49/h12,14-18,26,28-29,32,38,41-42,46,52-53,56H,8-11,13,19-25,27H2,1-7H3/b31-18+/t32-,38?,41+,42-,45+/m0/s1. The summed E-state index contributed by atoms with van der Waals surface area (Å²) in [5, 5.41) is 30.7. The van der Waals surface area contributed by atoms with Crippen molar-refractivity contribution in [1.82, 2.24) is 20.3 Å². The van der Waals surface area contributed by atoms with Gasteiger partial charge in [0.15, 0.2) is 13.9 Å². The highest BCUT2D eigenvalue weighted by molar-refractivity contribution is 6.71. The van der Waals surface area contributed by atoms with E-state index in [0.717, 1.165) is 42.0 Å². The summed E-state index contributed by atoms with van der Waals surface area (Å²) in [6.07, 6.45) is 10.2. The van der Waals surface area contributed by atoms with E-state index in [1.807, 2.05) is 74.4 Å². The first kappa shape index (κ1) is 44.4. The highest BCUT2D eigenvalue weighted by atomic mass is 28.4. The lowest BCUT2D eigenvalue weighted by Gasteiger charge is -2.36. The molecule has 3 aromatic rings. The minimum Gasteiger partial charge on any atom is -0.494 e. The minimum atomic E-state index is -2.96. The number of nitrogens with zero attached hydrogens (tertiary/aromatic N) is 5. The summed E-state index contributed by atoms with van der Waals surface area (Å²) in [5.74, 6) is 0.0595. The third-order valence-electron chi connectivity index (χ3n) is 12.1. The number of unbranched alkanes of at least 4 members (excludes halogenated alkanes) is 1. The molecule has 1 spiro atoms. The Hall–Kier alpha value is -4.18. The smallest absolute Gasteiger partial charge is 0.264 e. The largest absolute Gasteiger partial charge is 0.494 e. The van der Waals surface area contributed by atoms with E-state index in [1.165, 1.54) is 11.1 Å². The molecule has 2 amide bonds. The van der Waals surface area contributed by atoms with Gasteiger partial charge < -0.3 is 34.7 Å². The van der Waals surface area contributed by atoms with Crippen LogP contribution in [0, 0.1) is 5.92 Å². The summed E-state index contributed by atoms with van der Waals surface area (Å²) in [6, 6.07) is 11.1. The number of hydrogen-bond acceptors (Lipinski definition) is 10. The van der Waals surface area contributed by atoms with Crippen molar-refractivity contribution < 1.29 is 34.1 Å². The van der Waals surface area contributed by atoms with Crippen molar-refractivity contribution in [1.29, 1.82) is 0 Å². The molecule has 0 saturated carbocycles. The zero-order valence-electron chi connectivity index (χ0n) is 35.9. The predicted molar refractivity (Wildman–Crippen MR) is 232 cm³/mol. The molecule has 14 heteroatoms. The highest BCUT2D eigenvalue weighted by Gasteiger charge is 2.66. The van der Waals surface area contributed by atoms with Gasteiger partial charge in [0.25, 0.3) is 5.91 Å². The van der Waals surface area contributed by atoms with Gasteiger partial charge in [-0.1, -0.05) is 35.4 Å². The number of ether oxygens (including phenoxy) is 2. The molecule has 2 aromatic carbocycles. The van der Waals surface area contributed by atoms with Crippen LogP contribution in [0.3, 0.4) is 0 Å². The van der Waals surface area contributed by atoms with Crippen LogP contribution >= 0.6 is 0 Å². The zero-order valence-corrected chi connectivity index (χ0v) is 36.9. The lowest BCUT2D eigenvalue weighted by atomic mass is 9.82. The van der Waals surface area contributed by atoms with Gasteiger partial charge in [-0.2, -0.15) is 0 Å². The molecule has 3 aliphatic rings. The van der Waals surface area contributed by atoms with Crippen LogP contribution in [0.5, 0.6) is 5.75 Å². The van der Waals surface area contributed by atoms with Crippen LogP contribution < -0.4 is 19.9 Å². The van der Waals surface area contributed by atoms with Crippen LogP contribution in [-0.4, -0.2) is 95.2 Å².